The van der Waals surface area contributed by atoms with Gasteiger partial charge in [-0.3, -0.25) is 9.20 Å². The molecule has 0 unspecified atom stereocenters. The zero-order chi connectivity index (χ0) is 20.4. The number of carbonyl (C=O) groups is 1. The van der Waals surface area contributed by atoms with E-state index in [4.69, 9.17) is 11.0 Å². The molecule has 4 heterocycles. The average molecular weight is 394 g/mol. The van der Waals surface area contributed by atoms with E-state index in [2.05, 4.69) is 20.3 Å². The number of amides is 1. The lowest BCUT2D eigenvalue weighted by Gasteiger charge is -2.33. The normalized spacial score (nSPS) is 16.6. The first kappa shape index (κ1) is 18.6. The van der Waals surface area contributed by atoms with Crippen molar-refractivity contribution in [2.45, 2.75) is 25.3 Å². The summed E-state index contributed by atoms with van der Waals surface area (Å²) in [5.74, 6) is 0.229. The highest BCUT2D eigenvalue weighted by Crippen LogP contribution is 2.24. The number of carbonyl (C=O) groups excluding carboxylic acids is 1. The largest absolute Gasteiger partial charge is 0.394 e. The predicted molar refractivity (Wildman–Crippen MR) is 104 cm³/mol. The van der Waals surface area contributed by atoms with Crippen LogP contribution in [-0.2, 0) is 4.79 Å². The van der Waals surface area contributed by atoms with Crippen LogP contribution in [-0.4, -0.2) is 49.3 Å². The number of imidazole rings is 1. The molecule has 1 fully saturated rings. The molecule has 29 heavy (non-hydrogen) atoms. The maximum Gasteiger partial charge on any atom is 0.236 e. The Bertz CT molecular complexity index is 1110. The highest BCUT2D eigenvalue weighted by Gasteiger charge is 2.24. The SMILES string of the molecule is N#CCC(=O)N1CCC[C@@H](Nc2nc(-c3cnc4ccc(F)cn34)ncc2N)C1. The van der Waals surface area contributed by atoms with Crippen molar-refractivity contribution >= 4 is 23.1 Å². The number of hydrogen-bond acceptors (Lipinski definition) is 7. The molecule has 1 saturated heterocycles. The standard InChI is InChI=1S/C19H19FN8O/c20-12-3-4-16-23-9-15(28(16)10-12)19-24-8-14(22)18(26-19)25-13-2-1-7-27(11-13)17(29)5-6-21/h3-4,8-10,13H,1-2,5,7,11,22H2,(H,24,25,26)/t13-/m1/s1. The van der Waals surface area contributed by atoms with Gasteiger partial charge in [0, 0.05) is 25.3 Å². The summed E-state index contributed by atoms with van der Waals surface area (Å²) in [5, 5.41) is 12.0. The van der Waals surface area contributed by atoms with E-state index in [1.165, 1.54) is 18.5 Å². The first-order valence-corrected chi connectivity index (χ1v) is 9.22. The lowest BCUT2D eigenvalue weighted by Crippen LogP contribution is -2.45. The minimum absolute atomic E-state index is 0.0453. The van der Waals surface area contributed by atoms with Gasteiger partial charge in [-0.25, -0.2) is 19.3 Å². The molecule has 3 N–H and O–H groups in total. The number of pyridine rings is 1. The van der Waals surface area contributed by atoms with E-state index in [1.54, 1.807) is 21.6 Å². The number of anilines is 2. The molecule has 148 valence electrons. The van der Waals surface area contributed by atoms with Gasteiger partial charge in [0.2, 0.25) is 5.91 Å². The zero-order valence-electron chi connectivity index (χ0n) is 15.5. The van der Waals surface area contributed by atoms with Crippen LogP contribution in [0.5, 0.6) is 0 Å². The fraction of sp³-hybridized carbons (Fsp3) is 0.316. The summed E-state index contributed by atoms with van der Waals surface area (Å²) in [7, 11) is 0. The smallest absolute Gasteiger partial charge is 0.236 e. The van der Waals surface area contributed by atoms with Crippen LogP contribution in [0.25, 0.3) is 17.2 Å². The minimum Gasteiger partial charge on any atom is -0.394 e. The molecule has 0 aliphatic carbocycles. The van der Waals surface area contributed by atoms with E-state index >= 15 is 0 Å². The van der Waals surface area contributed by atoms with Gasteiger partial charge in [0.15, 0.2) is 11.6 Å². The van der Waals surface area contributed by atoms with Crippen molar-refractivity contribution < 1.29 is 9.18 Å². The molecule has 3 aromatic heterocycles. The first-order chi connectivity index (χ1) is 14.0. The molecule has 1 amide bonds. The Morgan fingerprint density at radius 2 is 2.24 bits per heavy atom. The van der Waals surface area contributed by atoms with Gasteiger partial charge in [-0.2, -0.15) is 5.26 Å². The number of nitrogens with zero attached hydrogens (tertiary/aromatic N) is 6. The van der Waals surface area contributed by atoms with Crippen LogP contribution in [0.2, 0.25) is 0 Å². The quantitative estimate of drug-likeness (QED) is 0.691. The third-order valence-corrected chi connectivity index (χ3v) is 4.86. The topological polar surface area (TPSA) is 125 Å². The second kappa shape index (κ2) is 7.71. The lowest BCUT2D eigenvalue weighted by atomic mass is 10.1. The molecular weight excluding hydrogens is 375 g/mol. The van der Waals surface area contributed by atoms with E-state index in [-0.39, 0.29) is 18.4 Å². The van der Waals surface area contributed by atoms with E-state index < -0.39 is 5.82 Å². The number of nitriles is 1. The number of likely N-dealkylation sites (tertiary alicyclic amines) is 1. The van der Waals surface area contributed by atoms with Crippen molar-refractivity contribution in [2.24, 2.45) is 0 Å². The van der Waals surface area contributed by atoms with Crippen molar-refractivity contribution in [1.82, 2.24) is 24.3 Å². The summed E-state index contributed by atoms with van der Waals surface area (Å²) in [4.78, 5) is 26.7. The van der Waals surface area contributed by atoms with Gasteiger partial charge in [-0.05, 0) is 25.0 Å². The molecule has 9 nitrogen and oxygen atoms in total. The van der Waals surface area contributed by atoms with Crippen molar-refractivity contribution in [3.63, 3.8) is 0 Å². The van der Waals surface area contributed by atoms with Crippen LogP contribution >= 0.6 is 0 Å². The van der Waals surface area contributed by atoms with Crippen LogP contribution in [0.15, 0.2) is 30.7 Å². The van der Waals surface area contributed by atoms with Crippen LogP contribution in [0.4, 0.5) is 15.9 Å². The van der Waals surface area contributed by atoms with E-state index in [0.717, 1.165) is 12.8 Å². The highest BCUT2D eigenvalue weighted by atomic mass is 19.1. The molecule has 0 saturated carbocycles. The Hall–Kier alpha value is -3.74. The molecular formula is C19H19FN8O. The molecule has 0 spiro atoms. The molecule has 1 aliphatic rings. The average Bonchev–Trinajstić information content (AvgIpc) is 3.13. The zero-order valence-corrected chi connectivity index (χ0v) is 15.5. The van der Waals surface area contributed by atoms with Crippen LogP contribution in [0.3, 0.4) is 0 Å². The molecule has 10 heteroatoms. The Morgan fingerprint density at radius 1 is 1.38 bits per heavy atom. The van der Waals surface area contributed by atoms with Crippen LogP contribution in [0, 0.1) is 17.1 Å². The number of hydrogen-bond donors (Lipinski definition) is 2. The molecule has 4 rings (SSSR count). The Balaban J connectivity index is 1.58. The monoisotopic (exact) mass is 394 g/mol. The van der Waals surface area contributed by atoms with Crippen LogP contribution in [0.1, 0.15) is 19.3 Å². The molecule has 0 radical (unpaired) electrons. The number of fused-ring (bicyclic) bond motifs is 1. The third-order valence-electron chi connectivity index (χ3n) is 4.86. The summed E-state index contributed by atoms with van der Waals surface area (Å²) < 4.78 is 15.2. The maximum absolute atomic E-state index is 13.6. The number of nitrogens with two attached hydrogens (primary N) is 1. The summed E-state index contributed by atoms with van der Waals surface area (Å²) >= 11 is 0. The van der Waals surface area contributed by atoms with Crippen molar-refractivity contribution in [3.8, 4) is 17.6 Å². The van der Waals surface area contributed by atoms with E-state index in [0.29, 0.717) is 41.8 Å². The number of aromatic nitrogens is 4. The number of nitrogen functional groups attached to an aromatic ring is 1. The third kappa shape index (κ3) is 3.80. The Labute approximate surface area is 166 Å². The fourth-order valence-corrected chi connectivity index (χ4v) is 3.44. The Morgan fingerprint density at radius 3 is 3.07 bits per heavy atom. The summed E-state index contributed by atoms with van der Waals surface area (Å²) in [6.45, 7) is 1.11. The summed E-state index contributed by atoms with van der Waals surface area (Å²) in [6.07, 6.45) is 5.93. The predicted octanol–water partition coefficient (Wildman–Crippen LogP) is 1.83. The number of nitrogens with one attached hydrogen (secondary N) is 1. The van der Waals surface area contributed by atoms with Gasteiger partial charge < -0.3 is 16.0 Å². The Kier molecular flexibility index (Phi) is 4.95. The second-order valence-corrected chi connectivity index (χ2v) is 6.87. The lowest BCUT2D eigenvalue weighted by molar-refractivity contribution is -0.131. The molecule has 0 bridgehead atoms. The van der Waals surface area contributed by atoms with Gasteiger partial charge in [0.1, 0.15) is 23.6 Å². The number of piperidine rings is 1. The van der Waals surface area contributed by atoms with Gasteiger partial charge in [0.05, 0.1) is 24.2 Å². The highest BCUT2D eigenvalue weighted by molar-refractivity contribution is 5.78. The van der Waals surface area contributed by atoms with Gasteiger partial charge >= 0.3 is 0 Å². The number of rotatable bonds is 4. The van der Waals surface area contributed by atoms with Gasteiger partial charge in [0.25, 0.3) is 0 Å². The van der Waals surface area contributed by atoms with Crippen molar-refractivity contribution in [3.05, 3.63) is 36.5 Å². The summed E-state index contributed by atoms with van der Waals surface area (Å²) in [5.41, 5.74) is 7.53. The molecule has 1 atom stereocenters. The van der Waals surface area contributed by atoms with Gasteiger partial charge in [-0.15, -0.1) is 0 Å². The van der Waals surface area contributed by atoms with Crippen molar-refractivity contribution in [1.29, 1.82) is 5.26 Å². The maximum atomic E-state index is 13.6. The fourth-order valence-electron chi connectivity index (χ4n) is 3.44. The molecule has 0 aromatic carbocycles. The molecule has 3 aromatic rings. The summed E-state index contributed by atoms with van der Waals surface area (Å²) in [6, 6.07) is 4.76. The van der Waals surface area contributed by atoms with E-state index in [1.807, 2.05) is 6.07 Å². The van der Waals surface area contributed by atoms with E-state index in [9.17, 15) is 9.18 Å². The minimum atomic E-state index is -0.394. The number of halogens is 1. The van der Waals surface area contributed by atoms with Gasteiger partial charge in [-0.1, -0.05) is 0 Å². The second-order valence-electron chi connectivity index (χ2n) is 6.87. The molecule has 1 aliphatic heterocycles. The first-order valence-electron chi connectivity index (χ1n) is 9.22. The van der Waals surface area contributed by atoms with Crippen molar-refractivity contribution in [2.75, 3.05) is 24.1 Å². The van der Waals surface area contributed by atoms with Crippen LogP contribution < -0.4 is 11.1 Å².